The Bertz CT molecular complexity index is 401. The Hall–Kier alpha value is -1.30. The predicted octanol–water partition coefficient (Wildman–Crippen LogP) is 3.60. The van der Waals surface area contributed by atoms with Crippen molar-refractivity contribution in [1.29, 1.82) is 0 Å². The smallest absolute Gasteiger partial charge is 0.272 e. The summed E-state index contributed by atoms with van der Waals surface area (Å²) in [4.78, 5) is 9.78. The number of rotatable bonds is 8. The average Bonchev–Trinajstić information content (AvgIpc) is 2.35. The summed E-state index contributed by atoms with van der Waals surface area (Å²) in [5, 5.41) is 10.4. The molecule has 0 saturated heterocycles. The van der Waals surface area contributed by atoms with Crippen molar-refractivity contribution in [1.82, 2.24) is 0 Å². The molecule has 18 heavy (non-hydrogen) atoms. The van der Waals surface area contributed by atoms with Gasteiger partial charge in [0.2, 0.25) is 0 Å². The van der Waals surface area contributed by atoms with Crippen molar-refractivity contribution in [2.45, 2.75) is 25.7 Å². The summed E-state index contributed by atoms with van der Waals surface area (Å²) in [6.07, 6.45) is 3.99. The maximum absolute atomic E-state index is 13.4. The summed E-state index contributed by atoms with van der Waals surface area (Å²) in [6.45, 7) is 0.418. The molecule has 0 N–H and O–H groups in total. The minimum absolute atomic E-state index is 0.0646. The predicted molar refractivity (Wildman–Crippen MR) is 70.9 cm³/mol. The van der Waals surface area contributed by atoms with Gasteiger partial charge in [-0.15, -0.1) is 0 Å². The number of halogens is 1. The molecule has 0 aliphatic carbocycles. The van der Waals surface area contributed by atoms with E-state index in [9.17, 15) is 14.5 Å². The molecule has 0 aliphatic rings. The number of benzene rings is 1. The van der Waals surface area contributed by atoms with Crippen molar-refractivity contribution in [2.24, 2.45) is 0 Å². The van der Waals surface area contributed by atoms with E-state index in [0.29, 0.717) is 6.61 Å². The van der Waals surface area contributed by atoms with E-state index < -0.39 is 10.7 Å². The van der Waals surface area contributed by atoms with Gasteiger partial charge in [0.15, 0.2) is 11.6 Å². The van der Waals surface area contributed by atoms with Crippen LogP contribution in [0.3, 0.4) is 0 Å². The van der Waals surface area contributed by atoms with E-state index in [1.54, 1.807) is 0 Å². The summed E-state index contributed by atoms with van der Waals surface area (Å²) >= 11 is 4.11. The number of nitrogens with zero attached hydrogens (tertiary/aromatic N) is 1. The minimum atomic E-state index is -0.695. The molecule has 0 radical (unpaired) electrons. The molecule has 0 spiro atoms. The van der Waals surface area contributed by atoms with Crippen molar-refractivity contribution in [3.63, 3.8) is 0 Å². The van der Waals surface area contributed by atoms with Gasteiger partial charge in [-0.05, 0) is 24.7 Å². The van der Waals surface area contributed by atoms with Crippen LogP contribution in [0.1, 0.15) is 25.7 Å². The van der Waals surface area contributed by atoms with E-state index >= 15 is 0 Å². The Kier molecular flexibility index (Phi) is 6.49. The van der Waals surface area contributed by atoms with Crippen molar-refractivity contribution in [3.8, 4) is 5.75 Å². The maximum Gasteiger partial charge on any atom is 0.272 e. The van der Waals surface area contributed by atoms with E-state index in [0.717, 1.165) is 37.5 Å². The lowest BCUT2D eigenvalue weighted by atomic mass is 10.2. The number of non-ortho nitro benzene ring substituents is 1. The molecule has 0 bridgehead atoms. The fourth-order valence-electron chi connectivity index (χ4n) is 1.47. The number of hydrogen-bond acceptors (Lipinski definition) is 4. The molecule has 0 amide bonds. The van der Waals surface area contributed by atoms with Crippen LogP contribution in [0.25, 0.3) is 0 Å². The molecule has 100 valence electrons. The monoisotopic (exact) mass is 273 g/mol. The van der Waals surface area contributed by atoms with E-state index in [2.05, 4.69) is 12.6 Å². The van der Waals surface area contributed by atoms with Crippen LogP contribution in [0.5, 0.6) is 5.75 Å². The Morgan fingerprint density at radius 3 is 2.61 bits per heavy atom. The van der Waals surface area contributed by atoms with Crippen molar-refractivity contribution < 1.29 is 14.1 Å². The second-order valence-corrected chi connectivity index (χ2v) is 4.31. The van der Waals surface area contributed by atoms with Gasteiger partial charge in [0, 0.05) is 6.07 Å². The third-order valence-electron chi connectivity index (χ3n) is 2.44. The van der Waals surface area contributed by atoms with Crippen LogP contribution in [-0.4, -0.2) is 17.3 Å². The molecule has 0 heterocycles. The van der Waals surface area contributed by atoms with Crippen molar-refractivity contribution in [3.05, 3.63) is 34.1 Å². The Balaban J connectivity index is 2.36. The van der Waals surface area contributed by atoms with Crippen LogP contribution in [0.15, 0.2) is 18.2 Å². The summed E-state index contributed by atoms with van der Waals surface area (Å²) in [7, 11) is 0. The molecular formula is C12H16FNO3S. The zero-order valence-electron chi connectivity index (χ0n) is 9.97. The molecule has 0 unspecified atom stereocenters. The quantitative estimate of drug-likeness (QED) is 0.341. The maximum atomic E-state index is 13.4. The topological polar surface area (TPSA) is 52.4 Å². The van der Waals surface area contributed by atoms with Gasteiger partial charge in [-0.2, -0.15) is 12.6 Å². The normalized spacial score (nSPS) is 10.3. The van der Waals surface area contributed by atoms with Gasteiger partial charge in [0.05, 0.1) is 17.6 Å². The highest BCUT2D eigenvalue weighted by atomic mass is 32.1. The van der Waals surface area contributed by atoms with Crippen molar-refractivity contribution in [2.75, 3.05) is 12.4 Å². The fourth-order valence-corrected chi connectivity index (χ4v) is 1.69. The fraction of sp³-hybridized carbons (Fsp3) is 0.500. The third-order valence-corrected chi connectivity index (χ3v) is 2.75. The van der Waals surface area contributed by atoms with Gasteiger partial charge in [0.1, 0.15) is 0 Å². The van der Waals surface area contributed by atoms with Crippen LogP contribution >= 0.6 is 12.6 Å². The molecule has 4 nitrogen and oxygen atoms in total. The van der Waals surface area contributed by atoms with Gasteiger partial charge in [-0.25, -0.2) is 4.39 Å². The molecule has 0 fully saturated rings. The molecule has 1 aromatic rings. The van der Waals surface area contributed by atoms with Gasteiger partial charge in [0.25, 0.3) is 5.69 Å². The number of unbranched alkanes of at least 4 members (excludes halogenated alkanes) is 3. The van der Waals surface area contributed by atoms with Crippen LogP contribution in [0.2, 0.25) is 0 Å². The van der Waals surface area contributed by atoms with Crippen LogP contribution in [0.4, 0.5) is 10.1 Å². The van der Waals surface area contributed by atoms with E-state index in [1.807, 2.05) is 0 Å². The largest absolute Gasteiger partial charge is 0.491 e. The second kappa shape index (κ2) is 7.92. The molecule has 0 aromatic heterocycles. The Labute approximate surface area is 111 Å². The molecule has 1 aromatic carbocycles. The van der Waals surface area contributed by atoms with Crippen LogP contribution in [-0.2, 0) is 0 Å². The Morgan fingerprint density at radius 2 is 2.00 bits per heavy atom. The zero-order chi connectivity index (χ0) is 13.4. The molecule has 0 saturated carbocycles. The second-order valence-electron chi connectivity index (χ2n) is 3.86. The summed E-state index contributed by atoms with van der Waals surface area (Å²) in [5.41, 5.74) is -0.270. The first-order chi connectivity index (χ1) is 8.65. The highest BCUT2D eigenvalue weighted by molar-refractivity contribution is 7.80. The molecule has 0 atom stereocenters. The SMILES string of the molecule is O=[N+]([O-])c1ccc(OCCCCCCS)c(F)c1. The molecule has 0 aliphatic heterocycles. The lowest BCUT2D eigenvalue weighted by molar-refractivity contribution is -0.385. The van der Waals surface area contributed by atoms with E-state index in [-0.39, 0.29) is 11.4 Å². The van der Waals surface area contributed by atoms with Gasteiger partial charge in [-0.1, -0.05) is 12.8 Å². The first-order valence-corrected chi connectivity index (χ1v) is 6.46. The summed E-state index contributed by atoms with van der Waals surface area (Å²) in [5.74, 6) is 0.243. The van der Waals surface area contributed by atoms with E-state index in [1.165, 1.54) is 12.1 Å². The van der Waals surface area contributed by atoms with E-state index in [4.69, 9.17) is 4.74 Å². The van der Waals surface area contributed by atoms with Gasteiger partial charge < -0.3 is 4.74 Å². The Morgan fingerprint density at radius 1 is 1.28 bits per heavy atom. The number of ether oxygens (including phenoxy) is 1. The first-order valence-electron chi connectivity index (χ1n) is 5.82. The van der Waals surface area contributed by atoms with Gasteiger partial charge >= 0.3 is 0 Å². The molecule has 6 heteroatoms. The zero-order valence-corrected chi connectivity index (χ0v) is 10.9. The first kappa shape index (κ1) is 14.8. The number of thiol groups is 1. The molecular weight excluding hydrogens is 257 g/mol. The van der Waals surface area contributed by atoms with Gasteiger partial charge in [-0.3, -0.25) is 10.1 Å². The number of nitro groups is 1. The minimum Gasteiger partial charge on any atom is -0.491 e. The summed E-state index contributed by atoms with van der Waals surface area (Å²) in [6, 6.07) is 3.40. The standard InChI is InChI=1S/C12H16FNO3S/c13-11-9-10(14(15)16)5-6-12(11)17-7-3-1-2-4-8-18/h5-6,9,18H,1-4,7-8H2. The summed E-state index contributed by atoms with van der Waals surface area (Å²) < 4.78 is 18.6. The highest BCUT2D eigenvalue weighted by Gasteiger charge is 2.11. The van der Waals surface area contributed by atoms with Crippen molar-refractivity contribution >= 4 is 18.3 Å². The van der Waals surface area contributed by atoms with Crippen LogP contribution < -0.4 is 4.74 Å². The lowest BCUT2D eigenvalue weighted by Crippen LogP contribution is -2.00. The van der Waals surface area contributed by atoms with Crippen LogP contribution in [0, 0.1) is 15.9 Å². The molecule has 1 rings (SSSR count). The number of hydrogen-bond donors (Lipinski definition) is 1. The third kappa shape index (κ3) is 4.91. The highest BCUT2D eigenvalue weighted by Crippen LogP contribution is 2.22. The number of nitro benzene ring substituents is 1. The lowest BCUT2D eigenvalue weighted by Gasteiger charge is -2.06. The average molecular weight is 273 g/mol.